The minimum Gasteiger partial charge on any atom is -0.444 e. The van der Waals surface area contributed by atoms with Crippen LogP contribution in [0.4, 0.5) is 20.6 Å². The van der Waals surface area contributed by atoms with Gasteiger partial charge in [0, 0.05) is 31.1 Å². The molecule has 0 spiro atoms. The van der Waals surface area contributed by atoms with Crippen LogP contribution in [-0.2, 0) is 20.7 Å². The number of amides is 3. The Labute approximate surface area is 244 Å². The van der Waals surface area contributed by atoms with E-state index in [4.69, 9.17) is 16.3 Å². The number of hydrogen-bond donors (Lipinski definition) is 2. The Bertz CT molecular complexity index is 1390. The second kappa shape index (κ2) is 12.4. The van der Waals surface area contributed by atoms with E-state index in [0.717, 1.165) is 17.2 Å². The molecule has 2 atom stereocenters. The molecule has 41 heavy (non-hydrogen) atoms. The molecule has 0 aliphatic carbocycles. The Morgan fingerprint density at radius 1 is 1.17 bits per heavy atom. The highest BCUT2D eigenvalue weighted by Crippen LogP contribution is 2.32. The van der Waals surface area contributed by atoms with Gasteiger partial charge < -0.3 is 25.2 Å². The van der Waals surface area contributed by atoms with Crippen molar-refractivity contribution in [1.82, 2.24) is 9.80 Å². The lowest BCUT2D eigenvalue weighted by atomic mass is 9.93. The van der Waals surface area contributed by atoms with Gasteiger partial charge in [-0.3, -0.25) is 9.59 Å². The minimum atomic E-state index is -0.706. The fraction of sp³-hybridized carbons (Fsp3) is 0.467. The lowest BCUT2D eigenvalue weighted by Gasteiger charge is -2.35. The average molecular weight is 584 g/mol. The zero-order valence-electron chi connectivity index (χ0n) is 23.7. The van der Waals surface area contributed by atoms with E-state index in [9.17, 15) is 24.0 Å². The maximum atomic E-state index is 14.8. The first-order chi connectivity index (χ1) is 19.3. The highest BCUT2D eigenvalue weighted by molar-refractivity contribution is 6.30. The summed E-state index contributed by atoms with van der Waals surface area (Å²) < 4.78 is 20.2. The van der Waals surface area contributed by atoms with Crippen LogP contribution < -0.4 is 10.6 Å². The van der Waals surface area contributed by atoms with Crippen LogP contribution in [0.5, 0.6) is 0 Å². The Kier molecular flexibility index (Phi) is 9.08. The number of carbonyl (C=O) groups is 3. The summed E-state index contributed by atoms with van der Waals surface area (Å²) in [6, 6.07) is 9.75. The molecule has 2 N–H and O–H groups in total. The Hall–Kier alpha value is -3.84. The molecule has 0 aromatic heterocycles. The summed E-state index contributed by atoms with van der Waals surface area (Å²) in [6.07, 6.45) is 1.03. The van der Waals surface area contributed by atoms with Crippen LogP contribution in [0.15, 0.2) is 30.3 Å². The number of carbonyl (C=O) groups excluding carboxylic acids is 3. The third kappa shape index (κ3) is 7.47. The molecule has 0 bridgehead atoms. The molecule has 0 radical (unpaired) electrons. The zero-order valence-corrected chi connectivity index (χ0v) is 24.5. The molecule has 0 saturated carbocycles. The second-order valence-electron chi connectivity index (χ2n) is 11.5. The lowest BCUT2D eigenvalue weighted by molar-refractivity contribution is -0.131. The smallest absolute Gasteiger partial charge is 0.410 e. The number of likely N-dealkylation sites (tertiary alicyclic amines) is 1. The topological polar surface area (TPSA) is 115 Å². The molecule has 1 unspecified atom stereocenters. The van der Waals surface area contributed by atoms with Crippen LogP contribution in [0.25, 0.3) is 0 Å². The first-order valence-corrected chi connectivity index (χ1v) is 14.1. The molecule has 11 heteroatoms. The Morgan fingerprint density at radius 2 is 1.93 bits per heavy atom. The third-order valence-corrected chi connectivity index (χ3v) is 7.54. The van der Waals surface area contributed by atoms with Gasteiger partial charge in [0.15, 0.2) is 0 Å². The van der Waals surface area contributed by atoms with Crippen LogP contribution >= 0.6 is 11.6 Å². The van der Waals surface area contributed by atoms with Crippen LogP contribution in [0, 0.1) is 23.1 Å². The number of benzene rings is 2. The molecule has 2 aliphatic heterocycles. The fourth-order valence-corrected chi connectivity index (χ4v) is 5.47. The summed E-state index contributed by atoms with van der Waals surface area (Å²) in [5, 5.41) is 15.7. The van der Waals surface area contributed by atoms with Crippen molar-refractivity contribution in [1.29, 1.82) is 5.26 Å². The van der Waals surface area contributed by atoms with Crippen molar-refractivity contribution in [2.45, 2.75) is 58.6 Å². The van der Waals surface area contributed by atoms with Gasteiger partial charge in [-0.15, -0.1) is 0 Å². The molecule has 1 saturated heterocycles. The highest BCUT2D eigenvalue weighted by Gasteiger charge is 2.31. The van der Waals surface area contributed by atoms with E-state index in [1.165, 1.54) is 6.07 Å². The molecule has 9 nitrogen and oxygen atoms in total. The van der Waals surface area contributed by atoms with Crippen LogP contribution in [0.3, 0.4) is 0 Å². The molecule has 1 fully saturated rings. The number of rotatable bonds is 6. The zero-order chi connectivity index (χ0) is 29.9. The molecule has 4 rings (SSSR count). The molecule has 2 aromatic rings. The van der Waals surface area contributed by atoms with Gasteiger partial charge in [0.2, 0.25) is 11.8 Å². The predicted molar refractivity (Wildman–Crippen MR) is 154 cm³/mol. The summed E-state index contributed by atoms with van der Waals surface area (Å²) in [5.74, 6) is -1.34. The number of fused-ring (bicyclic) bond motifs is 1. The van der Waals surface area contributed by atoms with Gasteiger partial charge in [-0.25, -0.2) is 9.18 Å². The van der Waals surface area contributed by atoms with Gasteiger partial charge >= 0.3 is 6.09 Å². The summed E-state index contributed by atoms with van der Waals surface area (Å²) in [4.78, 5) is 41.5. The van der Waals surface area contributed by atoms with E-state index in [2.05, 4.69) is 10.6 Å². The quantitative estimate of drug-likeness (QED) is 0.464. The summed E-state index contributed by atoms with van der Waals surface area (Å²) in [5.41, 5.74) is 1.64. The molecular weight excluding hydrogens is 549 g/mol. The van der Waals surface area contributed by atoms with E-state index in [-0.39, 0.29) is 53.7 Å². The van der Waals surface area contributed by atoms with Crippen molar-refractivity contribution < 1.29 is 23.5 Å². The Morgan fingerprint density at radius 3 is 2.63 bits per heavy atom. The molecule has 2 aliphatic rings. The average Bonchev–Trinajstić information content (AvgIpc) is 3.36. The second-order valence-corrected chi connectivity index (χ2v) is 12.0. The number of nitrogens with zero attached hydrogens (tertiary/aromatic N) is 3. The van der Waals surface area contributed by atoms with Gasteiger partial charge in [-0.2, -0.15) is 5.26 Å². The van der Waals surface area contributed by atoms with Crippen molar-refractivity contribution in [3.63, 3.8) is 0 Å². The van der Waals surface area contributed by atoms with E-state index in [1.54, 1.807) is 36.6 Å². The van der Waals surface area contributed by atoms with Gasteiger partial charge in [0.05, 0.1) is 29.5 Å². The molecular formula is C30H35ClFN5O4. The largest absolute Gasteiger partial charge is 0.444 e. The van der Waals surface area contributed by atoms with Gasteiger partial charge in [-0.1, -0.05) is 17.7 Å². The monoisotopic (exact) mass is 583 g/mol. The standard InChI is InChI=1S/C30H35ClFN5O4/c1-18-23-6-5-22(31)12-20(23)8-10-37(18)28(39)16-34-26-14-25(21(15-33)13-24(26)32)35-27(38)11-19-7-9-36(17-19)29(40)41-30(2,3)4/h5-6,12-14,18-19,34H,7-11,16-17H2,1-4H3,(H,35,38)/t18-,19?/m0/s1. The first-order valence-electron chi connectivity index (χ1n) is 13.7. The Balaban J connectivity index is 1.36. The van der Waals surface area contributed by atoms with E-state index < -0.39 is 17.5 Å². The maximum Gasteiger partial charge on any atom is 0.410 e. The van der Waals surface area contributed by atoms with Crippen LogP contribution in [-0.4, -0.2) is 59.5 Å². The number of nitriles is 1. The van der Waals surface area contributed by atoms with Crippen molar-refractivity contribution >= 4 is 40.9 Å². The van der Waals surface area contributed by atoms with Crippen molar-refractivity contribution in [2.24, 2.45) is 5.92 Å². The minimum absolute atomic E-state index is 0.00135. The maximum absolute atomic E-state index is 14.8. The molecule has 3 amide bonds. The predicted octanol–water partition coefficient (Wildman–Crippen LogP) is 5.49. The third-order valence-electron chi connectivity index (χ3n) is 7.31. The SMILES string of the molecule is C[C@H]1c2ccc(Cl)cc2CCN1C(=O)CNc1cc(NC(=O)CC2CCN(C(=O)OC(C)(C)C)C2)c(C#N)cc1F. The number of hydrogen-bond acceptors (Lipinski definition) is 6. The van der Waals surface area contributed by atoms with E-state index in [1.807, 2.05) is 25.1 Å². The fourth-order valence-electron chi connectivity index (χ4n) is 5.27. The number of halogens is 2. The van der Waals surface area contributed by atoms with E-state index in [0.29, 0.717) is 37.5 Å². The highest BCUT2D eigenvalue weighted by atomic mass is 35.5. The van der Waals surface area contributed by atoms with Gasteiger partial charge in [-0.05, 0) is 81.8 Å². The normalized spacial score (nSPS) is 18.4. The summed E-state index contributed by atoms with van der Waals surface area (Å²) in [6.45, 7) is 8.56. The molecule has 2 heterocycles. The number of ether oxygens (including phenoxy) is 1. The van der Waals surface area contributed by atoms with Gasteiger partial charge in [0.25, 0.3) is 0 Å². The molecule has 2 aromatic carbocycles. The number of anilines is 2. The van der Waals surface area contributed by atoms with Crippen LogP contribution in [0.1, 0.15) is 63.3 Å². The van der Waals surface area contributed by atoms with Crippen molar-refractivity contribution in [3.8, 4) is 6.07 Å². The van der Waals surface area contributed by atoms with Crippen LogP contribution in [0.2, 0.25) is 5.02 Å². The first kappa shape index (κ1) is 30.1. The van der Waals surface area contributed by atoms with Crippen molar-refractivity contribution in [2.75, 3.05) is 36.8 Å². The summed E-state index contributed by atoms with van der Waals surface area (Å²) >= 11 is 6.11. The number of nitrogens with one attached hydrogen (secondary N) is 2. The van der Waals surface area contributed by atoms with Gasteiger partial charge in [0.1, 0.15) is 17.5 Å². The summed E-state index contributed by atoms with van der Waals surface area (Å²) in [7, 11) is 0. The van der Waals surface area contributed by atoms with E-state index >= 15 is 0 Å². The van der Waals surface area contributed by atoms with Crippen molar-refractivity contribution in [3.05, 3.63) is 57.9 Å². The molecule has 218 valence electrons. The lowest BCUT2D eigenvalue weighted by Crippen LogP contribution is -2.41.